The average Bonchev–Trinajstić information content (AvgIpc) is 2.52. The van der Waals surface area contributed by atoms with Gasteiger partial charge in [-0.1, -0.05) is 34.6 Å². The van der Waals surface area contributed by atoms with Gasteiger partial charge in [0.1, 0.15) is 0 Å². The molecule has 0 aliphatic carbocycles. The van der Waals surface area contributed by atoms with Crippen LogP contribution >= 0.6 is 27.7 Å². The largest absolute Gasteiger partial charge is 0.224 e. The zero-order valence-electron chi connectivity index (χ0n) is 8.48. The van der Waals surface area contributed by atoms with Crippen LogP contribution in [0, 0.1) is 5.92 Å². The van der Waals surface area contributed by atoms with Gasteiger partial charge in [0.05, 0.1) is 0 Å². The number of rotatable bonds is 6. The minimum atomic E-state index is 0.767. The van der Waals surface area contributed by atoms with E-state index in [1.807, 2.05) is 7.05 Å². The zero-order valence-corrected chi connectivity index (χ0v) is 10.9. The van der Waals surface area contributed by atoms with E-state index in [1.165, 1.54) is 12.8 Å². The summed E-state index contributed by atoms with van der Waals surface area (Å²) in [5.74, 6) is 1.85. The highest BCUT2D eigenvalue weighted by Gasteiger charge is 2.05. The number of nitrogens with zero attached hydrogens (tertiary/aromatic N) is 4. The number of thioether (sulfide) groups is 1. The van der Waals surface area contributed by atoms with E-state index in [0.29, 0.717) is 0 Å². The molecule has 0 amide bonds. The van der Waals surface area contributed by atoms with Crippen LogP contribution in [0.3, 0.4) is 0 Å². The Labute approximate surface area is 97.0 Å². The van der Waals surface area contributed by atoms with Crippen molar-refractivity contribution in [1.29, 1.82) is 0 Å². The molecule has 80 valence electrons. The summed E-state index contributed by atoms with van der Waals surface area (Å²) in [6.07, 6.45) is 2.45. The molecular formula is C8H15BrN4S. The van der Waals surface area contributed by atoms with Gasteiger partial charge in [-0.3, -0.25) is 0 Å². The summed E-state index contributed by atoms with van der Waals surface area (Å²) in [7, 11) is 1.87. The lowest BCUT2D eigenvalue weighted by atomic mass is 10.1. The third-order valence-corrected chi connectivity index (χ3v) is 3.53. The van der Waals surface area contributed by atoms with E-state index in [1.54, 1.807) is 16.4 Å². The number of alkyl halides is 1. The highest BCUT2D eigenvalue weighted by molar-refractivity contribution is 9.09. The predicted octanol–water partition coefficient (Wildman–Crippen LogP) is 2.11. The molecule has 6 heteroatoms. The second-order valence-electron chi connectivity index (χ2n) is 3.31. The van der Waals surface area contributed by atoms with E-state index in [-0.39, 0.29) is 0 Å². The van der Waals surface area contributed by atoms with Gasteiger partial charge in [0.25, 0.3) is 0 Å². The van der Waals surface area contributed by atoms with Crippen molar-refractivity contribution in [2.24, 2.45) is 13.0 Å². The molecule has 0 aromatic carbocycles. The van der Waals surface area contributed by atoms with Crippen molar-refractivity contribution < 1.29 is 0 Å². The maximum atomic E-state index is 3.91. The Morgan fingerprint density at radius 1 is 1.50 bits per heavy atom. The molecule has 0 aliphatic rings. The zero-order chi connectivity index (χ0) is 10.4. The monoisotopic (exact) mass is 278 g/mol. The van der Waals surface area contributed by atoms with Crippen LogP contribution in [0.15, 0.2) is 5.16 Å². The van der Waals surface area contributed by atoms with E-state index < -0.39 is 0 Å². The van der Waals surface area contributed by atoms with Gasteiger partial charge in [0, 0.05) is 18.1 Å². The molecule has 0 spiro atoms. The van der Waals surface area contributed by atoms with E-state index in [2.05, 4.69) is 38.4 Å². The van der Waals surface area contributed by atoms with Crippen molar-refractivity contribution in [2.45, 2.75) is 24.9 Å². The molecule has 1 aromatic rings. The highest BCUT2D eigenvalue weighted by atomic mass is 79.9. The number of hydrogen-bond acceptors (Lipinski definition) is 4. The molecule has 4 nitrogen and oxygen atoms in total. The Balaban J connectivity index is 2.19. The van der Waals surface area contributed by atoms with Crippen molar-refractivity contribution in [2.75, 3.05) is 11.1 Å². The summed E-state index contributed by atoms with van der Waals surface area (Å²) in [5.41, 5.74) is 0. The minimum absolute atomic E-state index is 0.767. The van der Waals surface area contributed by atoms with Gasteiger partial charge in [-0.05, 0) is 29.2 Å². The third kappa shape index (κ3) is 3.96. The van der Waals surface area contributed by atoms with Gasteiger partial charge in [-0.2, -0.15) is 0 Å². The number of aryl methyl sites for hydroxylation is 1. The van der Waals surface area contributed by atoms with Crippen molar-refractivity contribution in [3.63, 3.8) is 0 Å². The van der Waals surface area contributed by atoms with Crippen LogP contribution in [-0.2, 0) is 7.05 Å². The fourth-order valence-corrected chi connectivity index (χ4v) is 2.83. The minimum Gasteiger partial charge on any atom is -0.224 e. The topological polar surface area (TPSA) is 43.6 Å². The Hall–Kier alpha value is -0.100. The number of tetrazole rings is 1. The van der Waals surface area contributed by atoms with Gasteiger partial charge >= 0.3 is 0 Å². The average molecular weight is 279 g/mol. The van der Waals surface area contributed by atoms with Gasteiger partial charge in [-0.25, -0.2) is 4.68 Å². The maximum Gasteiger partial charge on any atom is 0.209 e. The third-order valence-electron chi connectivity index (χ3n) is 2.02. The number of aromatic nitrogens is 4. The Morgan fingerprint density at radius 3 is 2.86 bits per heavy atom. The number of hydrogen-bond donors (Lipinski definition) is 0. The molecule has 1 atom stereocenters. The number of halogens is 1. The lowest BCUT2D eigenvalue weighted by Gasteiger charge is -2.07. The van der Waals surface area contributed by atoms with Gasteiger partial charge in [0.2, 0.25) is 5.16 Å². The standard InChI is InChI=1S/C8H15BrN4S/c1-7(3-5-9)4-6-14-8-10-11-12-13(8)2/h7H,3-6H2,1-2H3. The summed E-state index contributed by atoms with van der Waals surface area (Å²) in [5, 5.41) is 13.3. The molecule has 1 aromatic heterocycles. The Bertz CT molecular complexity index is 266. The molecular weight excluding hydrogens is 264 g/mol. The van der Waals surface area contributed by atoms with Crippen LogP contribution in [0.25, 0.3) is 0 Å². The van der Waals surface area contributed by atoms with Crippen LogP contribution in [0.1, 0.15) is 19.8 Å². The van der Waals surface area contributed by atoms with Crippen molar-refractivity contribution >= 4 is 27.7 Å². The smallest absolute Gasteiger partial charge is 0.209 e. The quantitative estimate of drug-likeness (QED) is 0.591. The Kier molecular flexibility index (Phi) is 5.47. The Morgan fingerprint density at radius 2 is 2.29 bits per heavy atom. The molecule has 0 bridgehead atoms. The first-order valence-electron chi connectivity index (χ1n) is 4.65. The van der Waals surface area contributed by atoms with E-state index in [0.717, 1.165) is 22.2 Å². The predicted molar refractivity (Wildman–Crippen MR) is 61.7 cm³/mol. The first-order chi connectivity index (χ1) is 6.74. The molecule has 1 unspecified atom stereocenters. The molecule has 0 saturated carbocycles. The van der Waals surface area contributed by atoms with Crippen LogP contribution in [0.4, 0.5) is 0 Å². The molecule has 0 radical (unpaired) electrons. The fraction of sp³-hybridized carbons (Fsp3) is 0.875. The molecule has 0 fully saturated rings. The lowest BCUT2D eigenvalue weighted by Crippen LogP contribution is -1.99. The summed E-state index contributed by atoms with van der Waals surface area (Å²) in [6, 6.07) is 0. The van der Waals surface area contributed by atoms with Gasteiger partial charge in [-0.15, -0.1) is 5.10 Å². The van der Waals surface area contributed by atoms with Crippen molar-refractivity contribution in [1.82, 2.24) is 20.2 Å². The van der Waals surface area contributed by atoms with Crippen molar-refractivity contribution in [3.8, 4) is 0 Å². The second kappa shape index (κ2) is 6.40. The first-order valence-corrected chi connectivity index (χ1v) is 6.76. The summed E-state index contributed by atoms with van der Waals surface area (Å²) in [6.45, 7) is 2.27. The summed E-state index contributed by atoms with van der Waals surface area (Å²) in [4.78, 5) is 0. The van der Waals surface area contributed by atoms with E-state index in [4.69, 9.17) is 0 Å². The fourth-order valence-electron chi connectivity index (χ4n) is 1.03. The van der Waals surface area contributed by atoms with Gasteiger partial charge in [0.15, 0.2) is 0 Å². The van der Waals surface area contributed by atoms with Crippen LogP contribution in [0.5, 0.6) is 0 Å². The second-order valence-corrected chi connectivity index (χ2v) is 5.16. The molecule has 14 heavy (non-hydrogen) atoms. The lowest BCUT2D eigenvalue weighted by molar-refractivity contribution is 0.554. The molecule has 1 rings (SSSR count). The molecule has 0 N–H and O–H groups in total. The summed E-state index contributed by atoms with van der Waals surface area (Å²) >= 11 is 5.17. The van der Waals surface area contributed by atoms with Crippen LogP contribution in [-0.4, -0.2) is 31.3 Å². The SMILES string of the molecule is CC(CCBr)CCSc1nnnn1C. The maximum absolute atomic E-state index is 3.91. The normalized spacial score (nSPS) is 13.1. The van der Waals surface area contributed by atoms with Crippen LogP contribution in [0.2, 0.25) is 0 Å². The van der Waals surface area contributed by atoms with E-state index in [9.17, 15) is 0 Å². The highest BCUT2D eigenvalue weighted by Crippen LogP contribution is 2.18. The van der Waals surface area contributed by atoms with E-state index >= 15 is 0 Å². The van der Waals surface area contributed by atoms with Crippen LogP contribution < -0.4 is 0 Å². The van der Waals surface area contributed by atoms with Crippen molar-refractivity contribution in [3.05, 3.63) is 0 Å². The molecule has 0 saturated heterocycles. The van der Waals surface area contributed by atoms with Gasteiger partial charge < -0.3 is 0 Å². The molecule has 0 aliphatic heterocycles. The molecule has 1 heterocycles. The summed E-state index contributed by atoms with van der Waals surface area (Å²) < 4.78 is 1.71. The first kappa shape index (κ1) is 12.0.